The zero-order chi connectivity index (χ0) is 11.8. The van der Waals surface area contributed by atoms with Crippen molar-refractivity contribution in [2.75, 3.05) is 32.8 Å². The van der Waals surface area contributed by atoms with E-state index in [0.29, 0.717) is 0 Å². The molecule has 0 aromatic rings. The van der Waals surface area contributed by atoms with Gasteiger partial charge in [0.15, 0.2) is 0 Å². The van der Waals surface area contributed by atoms with Crippen molar-refractivity contribution in [3.8, 4) is 0 Å². The van der Waals surface area contributed by atoms with Crippen LogP contribution in [-0.4, -0.2) is 48.8 Å². The van der Waals surface area contributed by atoms with Gasteiger partial charge >= 0.3 is 0 Å². The Labute approximate surface area is 100 Å². The number of nitrogens with zero attached hydrogens (tertiary/aromatic N) is 1. The van der Waals surface area contributed by atoms with E-state index in [1.807, 2.05) is 0 Å². The van der Waals surface area contributed by atoms with Crippen molar-refractivity contribution in [3.05, 3.63) is 0 Å². The van der Waals surface area contributed by atoms with Crippen LogP contribution in [-0.2, 0) is 0 Å². The summed E-state index contributed by atoms with van der Waals surface area (Å²) in [5.41, 5.74) is 0. The maximum Gasteiger partial charge on any atom is 0.0585 e. The molecule has 0 spiro atoms. The van der Waals surface area contributed by atoms with Crippen molar-refractivity contribution < 1.29 is 5.11 Å². The minimum atomic E-state index is 0.263. The van der Waals surface area contributed by atoms with E-state index in [9.17, 15) is 5.11 Å². The maximum absolute atomic E-state index is 9.20. The lowest BCUT2D eigenvalue weighted by Gasteiger charge is -2.33. The molecule has 1 aliphatic heterocycles. The van der Waals surface area contributed by atoms with Gasteiger partial charge in [0.1, 0.15) is 0 Å². The molecule has 0 bridgehead atoms. The highest BCUT2D eigenvalue weighted by Gasteiger charge is 2.18. The summed E-state index contributed by atoms with van der Waals surface area (Å²) in [6.07, 6.45) is 5.14. The number of likely N-dealkylation sites (N-methyl/N-ethyl adjacent to an activating group) is 1. The summed E-state index contributed by atoms with van der Waals surface area (Å²) in [5, 5.41) is 12.5. The first-order valence-corrected chi connectivity index (χ1v) is 6.86. The quantitative estimate of drug-likeness (QED) is 0.692. The molecule has 1 saturated heterocycles. The molecule has 0 aromatic carbocycles. The van der Waals surface area contributed by atoms with E-state index < -0.39 is 0 Å². The number of nitrogens with one attached hydrogen (secondary N) is 1. The van der Waals surface area contributed by atoms with E-state index in [2.05, 4.69) is 24.1 Å². The average molecular weight is 228 g/mol. The van der Waals surface area contributed by atoms with E-state index >= 15 is 0 Å². The summed E-state index contributed by atoms with van der Waals surface area (Å²) in [6.45, 7) is 9.25. The second-order valence-electron chi connectivity index (χ2n) is 4.94. The second-order valence-corrected chi connectivity index (χ2v) is 4.94. The molecular formula is C13H28N2O. The van der Waals surface area contributed by atoms with Crippen LogP contribution in [0.3, 0.4) is 0 Å². The van der Waals surface area contributed by atoms with Gasteiger partial charge in [0, 0.05) is 12.6 Å². The number of piperidine rings is 1. The molecule has 3 heteroatoms. The van der Waals surface area contributed by atoms with Crippen LogP contribution in [0, 0.1) is 5.92 Å². The number of rotatable bonds is 7. The molecule has 0 radical (unpaired) electrons. The van der Waals surface area contributed by atoms with E-state index in [0.717, 1.165) is 25.4 Å². The van der Waals surface area contributed by atoms with Gasteiger partial charge in [-0.2, -0.15) is 0 Å². The molecule has 1 aliphatic rings. The average Bonchev–Trinajstić information content (AvgIpc) is 2.34. The number of hydrogen-bond acceptors (Lipinski definition) is 3. The Bertz CT molecular complexity index is 175. The highest BCUT2D eigenvalue weighted by atomic mass is 16.3. The lowest BCUT2D eigenvalue weighted by Crippen LogP contribution is -2.40. The third-order valence-corrected chi connectivity index (χ3v) is 3.69. The summed E-state index contributed by atoms with van der Waals surface area (Å²) >= 11 is 0. The van der Waals surface area contributed by atoms with E-state index in [-0.39, 0.29) is 12.6 Å². The Hall–Kier alpha value is -0.120. The normalized spacial score (nSPS) is 24.6. The molecular weight excluding hydrogens is 200 g/mol. The monoisotopic (exact) mass is 228 g/mol. The molecule has 0 aromatic heterocycles. The number of likely N-dealkylation sites (tertiary alicyclic amines) is 1. The third-order valence-electron chi connectivity index (χ3n) is 3.69. The number of aliphatic hydroxyl groups is 1. The predicted octanol–water partition coefficient (Wildman–Crippen LogP) is 1.47. The minimum absolute atomic E-state index is 0.263. The van der Waals surface area contributed by atoms with E-state index in [1.165, 1.54) is 32.4 Å². The summed E-state index contributed by atoms with van der Waals surface area (Å²) in [6, 6.07) is 0.284. The topological polar surface area (TPSA) is 35.5 Å². The maximum atomic E-state index is 9.20. The Morgan fingerprint density at radius 3 is 2.88 bits per heavy atom. The SMILES string of the molecule is CCNC(CO)CCN1CCCC(CC)C1. The van der Waals surface area contributed by atoms with Crippen LogP contribution in [0.15, 0.2) is 0 Å². The minimum Gasteiger partial charge on any atom is -0.395 e. The standard InChI is InChI=1S/C13H28N2O/c1-3-12-6-5-8-15(10-12)9-7-13(11-16)14-4-2/h12-14,16H,3-11H2,1-2H3. The van der Waals surface area contributed by atoms with E-state index in [4.69, 9.17) is 0 Å². The Kier molecular flexibility index (Phi) is 7.01. The molecule has 1 fully saturated rings. The smallest absolute Gasteiger partial charge is 0.0585 e. The second kappa shape index (κ2) is 8.04. The van der Waals surface area contributed by atoms with Gasteiger partial charge < -0.3 is 15.3 Å². The fraction of sp³-hybridized carbons (Fsp3) is 1.00. The molecule has 96 valence electrons. The predicted molar refractivity (Wildman–Crippen MR) is 68.6 cm³/mol. The van der Waals surface area contributed by atoms with Crippen molar-refractivity contribution in [3.63, 3.8) is 0 Å². The fourth-order valence-electron chi connectivity index (χ4n) is 2.57. The molecule has 1 rings (SSSR count). The lowest BCUT2D eigenvalue weighted by atomic mass is 9.95. The van der Waals surface area contributed by atoms with Gasteiger partial charge in [-0.1, -0.05) is 20.3 Å². The third kappa shape index (κ3) is 4.81. The van der Waals surface area contributed by atoms with Crippen LogP contribution in [0.4, 0.5) is 0 Å². The molecule has 2 atom stereocenters. The van der Waals surface area contributed by atoms with Crippen LogP contribution in [0.2, 0.25) is 0 Å². The fourth-order valence-corrected chi connectivity index (χ4v) is 2.57. The summed E-state index contributed by atoms with van der Waals surface area (Å²) in [4.78, 5) is 2.57. The Balaban J connectivity index is 2.20. The van der Waals surface area contributed by atoms with Crippen molar-refractivity contribution >= 4 is 0 Å². The number of hydrogen-bond donors (Lipinski definition) is 2. The van der Waals surface area contributed by atoms with Crippen LogP contribution in [0.1, 0.15) is 39.5 Å². The van der Waals surface area contributed by atoms with Crippen molar-refractivity contribution in [1.29, 1.82) is 0 Å². The molecule has 1 heterocycles. The van der Waals surface area contributed by atoms with Crippen LogP contribution in [0.25, 0.3) is 0 Å². The zero-order valence-corrected chi connectivity index (χ0v) is 10.9. The van der Waals surface area contributed by atoms with Crippen molar-refractivity contribution in [2.45, 2.75) is 45.6 Å². The van der Waals surface area contributed by atoms with Crippen LogP contribution < -0.4 is 5.32 Å². The first-order chi connectivity index (χ1) is 7.80. The first kappa shape index (κ1) is 13.9. The van der Waals surface area contributed by atoms with E-state index in [1.54, 1.807) is 0 Å². The molecule has 2 N–H and O–H groups in total. The van der Waals surface area contributed by atoms with Crippen molar-refractivity contribution in [1.82, 2.24) is 10.2 Å². The first-order valence-electron chi connectivity index (χ1n) is 6.86. The summed E-state index contributed by atoms with van der Waals surface area (Å²) in [5.74, 6) is 0.903. The molecule has 2 unspecified atom stereocenters. The summed E-state index contributed by atoms with van der Waals surface area (Å²) < 4.78 is 0. The highest BCUT2D eigenvalue weighted by Crippen LogP contribution is 2.19. The van der Waals surface area contributed by atoms with Gasteiger partial charge in [0.2, 0.25) is 0 Å². The van der Waals surface area contributed by atoms with Gasteiger partial charge in [-0.05, 0) is 44.8 Å². The van der Waals surface area contributed by atoms with Crippen molar-refractivity contribution in [2.24, 2.45) is 5.92 Å². The Morgan fingerprint density at radius 1 is 1.44 bits per heavy atom. The lowest BCUT2D eigenvalue weighted by molar-refractivity contribution is 0.154. The molecule has 0 amide bonds. The van der Waals surface area contributed by atoms with Crippen LogP contribution >= 0.6 is 0 Å². The summed E-state index contributed by atoms with van der Waals surface area (Å²) in [7, 11) is 0. The van der Waals surface area contributed by atoms with Gasteiger partial charge in [-0.15, -0.1) is 0 Å². The van der Waals surface area contributed by atoms with Gasteiger partial charge in [-0.3, -0.25) is 0 Å². The molecule has 0 aliphatic carbocycles. The largest absolute Gasteiger partial charge is 0.395 e. The van der Waals surface area contributed by atoms with Gasteiger partial charge in [-0.25, -0.2) is 0 Å². The zero-order valence-electron chi connectivity index (χ0n) is 10.9. The molecule has 0 saturated carbocycles. The van der Waals surface area contributed by atoms with Crippen LogP contribution in [0.5, 0.6) is 0 Å². The highest BCUT2D eigenvalue weighted by molar-refractivity contribution is 4.74. The van der Waals surface area contributed by atoms with Gasteiger partial charge in [0.05, 0.1) is 6.61 Å². The molecule has 16 heavy (non-hydrogen) atoms. The number of aliphatic hydroxyl groups excluding tert-OH is 1. The Morgan fingerprint density at radius 2 is 2.25 bits per heavy atom. The van der Waals surface area contributed by atoms with Gasteiger partial charge in [0.25, 0.3) is 0 Å². The molecule has 3 nitrogen and oxygen atoms in total.